The van der Waals surface area contributed by atoms with Crippen molar-refractivity contribution in [2.75, 3.05) is 6.54 Å². The third kappa shape index (κ3) is 3.18. The highest BCUT2D eigenvalue weighted by Gasteiger charge is 2.24. The number of aliphatic hydroxyl groups excluding tert-OH is 1. The molecule has 1 aliphatic rings. The summed E-state index contributed by atoms with van der Waals surface area (Å²) in [6.07, 6.45) is 2.79. The van der Waals surface area contributed by atoms with Gasteiger partial charge in [0.15, 0.2) is 0 Å². The Hall–Kier alpha value is -0.640. The van der Waals surface area contributed by atoms with E-state index >= 15 is 0 Å². The van der Waals surface area contributed by atoms with Crippen LogP contribution in [-0.2, 0) is 6.54 Å². The molecule has 1 aromatic carbocycles. The van der Waals surface area contributed by atoms with E-state index in [1.807, 2.05) is 0 Å². The third-order valence-corrected chi connectivity index (χ3v) is 3.74. The van der Waals surface area contributed by atoms with E-state index in [1.54, 1.807) is 12.1 Å². The van der Waals surface area contributed by atoms with Crippen molar-refractivity contribution in [2.24, 2.45) is 5.92 Å². The molecule has 1 aliphatic carbocycles. The van der Waals surface area contributed by atoms with Gasteiger partial charge in [0, 0.05) is 23.7 Å². The van der Waals surface area contributed by atoms with Crippen molar-refractivity contribution in [1.29, 1.82) is 0 Å². The molecule has 2 atom stereocenters. The van der Waals surface area contributed by atoms with Gasteiger partial charge >= 0.3 is 0 Å². The summed E-state index contributed by atoms with van der Waals surface area (Å²) in [5, 5.41) is 13.3. The van der Waals surface area contributed by atoms with Gasteiger partial charge in [-0.3, -0.25) is 0 Å². The molecule has 0 aliphatic heterocycles. The van der Waals surface area contributed by atoms with Gasteiger partial charge in [0.25, 0.3) is 0 Å². The first-order valence-corrected chi connectivity index (χ1v) is 6.38. The summed E-state index contributed by atoms with van der Waals surface area (Å²) in [6.45, 7) is 1.13. The van der Waals surface area contributed by atoms with E-state index in [0.29, 0.717) is 29.6 Å². The summed E-state index contributed by atoms with van der Waals surface area (Å²) < 4.78 is 13.5. The van der Waals surface area contributed by atoms with Gasteiger partial charge in [-0.1, -0.05) is 24.1 Å². The Morgan fingerprint density at radius 2 is 2.24 bits per heavy atom. The summed E-state index contributed by atoms with van der Waals surface area (Å²) in [5.74, 6) is 0.0116. The van der Waals surface area contributed by atoms with E-state index in [4.69, 9.17) is 11.6 Å². The Morgan fingerprint density at radius 3 is 2.88 bits per heavy atom. The van der Waals surface area contributed by atoms with E-state index < -0.39 is 0 Å². The van der Waals surface area contributed by atoms with Crippen molar-refractivity contribution < 1.29 is 9.50 Å². The number of rotatable bonds is 4. The highest BCUT2D eigenvalue weighted by Crippen LogP contribution is 2.25. The molecule has 0 bridgehead atoms. The Morgan fingerprint density at radius 1 is 1.41 bits per heavy atom. The Labute approximate surface area is 106 Å². The minimum absolute atomic E-state index is 0.210. The summed E-state index contributed by atoms with van der Waals surface area (Å²) in [6, 6.07) is 4.70. The van der Waals surface area contributed by atoms with Gasteiger partial charge in [0.1, 0.15) is 5.82 Å². The lowest BCUT2D eigenvalue weighted by atomic mass is 10.1. The van der Waals surface area contributed by atoms with Gasteiger partial charge in [-0.25, -0.2) is 4.39 Å². The van der Waals surface area contributed by atoms with Gasteiger partial charge in [-0.05, 0) is 30.9 Å². The van der Waals surface area contributed by atoms with Crippen molar-refractivity contribution in [2.45, 2.75) is 31.9 Å². The fourth-order valence-electron chi connectivity index (χ4n) is 2.34. The molecular weight excluding hydrogens is 241 g/mol. The number of hydrogen-bond acceptors (Lipinski definition) is 2. The summed E-state index contributed by atoms with van der Waals surface area (Å²) in [4.78, 5) is 0. The maximum Gasteiger partial charge on any atom is 0.129 e. The average molecular weight is 258 g/mol. The maximum atomic E-state index is 13.5. The molecule has 2 unspecified atom stereocenters. The summed E-state index contributed by atoms with van der Waals surface area (Å²) >= 11 is 5.92. The van der Waals surface area contributed by atoms with Crippen LogP contribution in [-0.4, -0.2) is 17.8 Å². The third-order valence-electron chi connectivity index (χ3n) is 3.39. The number of hydrogen-bond donors (Lipinski definition) is 2. The van der Waals surface area contributed by atoms with Gasteiger partial charge in [0.05, 0.1) is 6.10 Å². The van der Waals surface area contributed by atoms with Crippen LogP contribution in [0.5, 0.6) is 0 Å². The van der Waals surface area contributed by atoms with Crippen LogP contribution in [0, 0.1) is 11.7 Å². The zero-order valence-electron chi connectivity index (χ0n) is 9.63. The van der Waals surface area contributed by atoms with E-state index in [1.165, 1.54) is 6.07 Å². The van der Waals surface area contributed by atoms with E-state index in [2.05, 4.69) is 5.32 Å². The molecule has 1 aromatic rings. The van der Waals surface area contributed by atoms with Crippen LogP contribution in [0.15, 0.2) is 18.2 Å². The highest BCUT2D eigenvalue weighted by atomic mass is 35.5. The van der Waals surface area contributed by atoms with Gasteiger partial charge in [0.2, 0.25) is 0 Å². The molecule has 17 heavy (non-hydrogen) atoms. The number of benzene rings is 1. The van der Waals surface area contributed by atoms with Crippen LogP contribution < -0.4 is 5.32 Å². The van der Waals surface area contributed by atoms with Crippen LogP contribution in [0.4, 0.5) is 4.39 Å². The monoisotopic (exact) mass is 257 g/mol. The molecule has 94 valence electrons. The molecule has 2 rings (SSSR count). The van der Waals surface area contributed by atoms with Crippen LogP contribution in [0.3, 0.4) is 0 Å². The van der Waals surface area contributed by atoms with Crippen molar-refractivity contribution >= 4 is 11.6 Å². The zero-order valence-corrected chi connectivity index (χ0v) is 10.4. The fourth-order valence-corrected chi connectivity index (χ4v) is 2.57. The minimum atomic E-state index is -0.281. The summed E-state index contributed by atoms with van der Waals surface area (Å²) in [5.41, 5.74) is 0.502. The second kappa shape index (κ2) is 5.80. The molecule has 4 heteroatoms. The molecule has 0 spiro atoms. The maximum absolute atomic E-state index is 13.5. The summed E-state index contributed by atoms with van der Waals surface area (Å²) in [7, 11) is 0. The topological polar surface area (TPSA) is 32.3 Å². The highest BCUT2D eigenvalue weighted by molar-refractivity contribution is 6.31. The smallest absolute Gasteiger partial charge is 0.129 e. The van der Waals surface area contributed by atoms with Crippen LogP contribution in [0.1, 0.15) is 24.8 Å². The molecule has 0 heterocycles. The predicted octanol–water partition coefficient (Wildman–Crippen LogP) is 2.73. The second-order valence-corrected chi connectivity index (χ2v) is 5.00. The first-order valence-electron chi connectivity index (χ1n) is 6.00. The van der Waals surface area contributed by atoms with E-state index in [9.17, 15) is 9.50 Å². The van der Waals surface area contributed by atoms with Crippen LogP contribution in [0.2, 0.25) is 5.02 Å². The quantitative estimate of drug-likeness (QED) is 0.869. The molecule has 0 radical (unpaired) electrons. The average Bonchev–Trinajstić information content (AvgIpc) is 2.69. The Bertz CT molecular complexity index is 365. The SMILES string of the molecule is OC1CCCC1CNCc1c(F)cccc1Cl. The lowest BCUT2D eigenvalue weighted by Gasteiger charge is -2.15. The van der Waals surface area contributed by atoms with Gasteiger partial charge < -0.3 is 10.4 Å². The van der Waals surface area contributed by atoms with Crippen molar-refractivity contribution in [3.05, 3.63) is 34.6 Å². The molecular formula is C13H17ClFNO. The van der Waals surface area contributed by atoms with E-state index in [-0.39, 0.29) is 11.9 Å². The predicted molar refractivity (Wildman–Crippen MR) is 66.5 cm³/mol. The molecule has 1 fully saturated rings. The molecule has 2 N–H and O–H groups in total. The molecule has 2 nitrogen and oxygen atoms in total. The van der Waals surface area contributed by atoms with E-state index in [0.717, 1.165) is 19.3 Å². The standard InChI is InChI=1S/C13H17ClFNO/c14-11-4-2-5-12(15)10(11)8-16-7-9-3-1-6-13(9)17/h2,4-5,9,13,16-17H,1,3,6-8H2. The van der Waals surface area contributed by atoms with Crippen LogP contribution in [0.25, 0.3) is 0 Å². The number of halogens is 2. The Kier molecular flexibility index (Phi) is 4.37. The number of aliphatic hydroxyl groups is 1. The fraction of sp³-hybridized carbons (Fsp3) is 0.538. The zero-order chi connectivity index (χ0) is 12.3. The van der Waals surface area contributed by atoms with Crippen molar-refractivity contribution in [3.8, 4) is 0 Å². The van der Waals surface area contributed by atoms with Crippen LogP contribution >= 0.6 is 11.6 Å². The first kappa shape index (κ1) is 12.8. The Balaban J connectivity index is 1.86. The lowest BCUT2D eigenvalue weighted by molar-refractivity contribution is 0.131. The molecule has 0 aromatic heterocycles. The first-order chi connectivity index (χ1) is 8.18. The largest absolute Gasteiger partial charge is 0.393 e. The molecule has 0 amide bonds. The second-order valence-electron chi connectivity index (χ2n) is 4.59. The van der Waals surface area contributed by atoms with Crippen molar-refractivity contribution in [1.82, 2.24) is 5.32 Å². The van der Waals surface area contributed by atoms with Gasteiger partial charge in [-0.15, -0.1) is 0 Å². The minimum Gasteiger partial charge on any atom is -0.393 e. The molecule has 1 saturated carbocycles. The number of nitrogens with one attached hydrogen (secondary N) is 1. The van der Waals surface area contributed by atoms with Gasteiger partial charge in [-0.2, -0.15) is 0 Å². The van der Waals surface area contributed by atoms with Crippen molar-refractivity contribution in [3.63, 3.8) is 0 Å². The molecule has 0 saturated heterocycles. The lowest BCUT2D eigenvalue weighted by Crippen LogP contribution is -2.27. The normalized spacial score (nSPS) is 24.2.